The van der Waals surface area contributed by atoms with E-state index in [-0.39, 0.29) is 5.59 Å². The second kappa shape index (κ2) is 4.84. The highest BCUT2D eigenvalue weighted by Gasteiger charge is 2.13. The highest BCUT2D eigenvalue weighted by atomic mass is 16.4. The number of benzene rings is 2. The summed E-state index contributed by atoms with van der Waals surface area (Å²) in [5.41, 5.74) is 1.95. The normalized spacial score (nSPS) is 10.6. The van der Waals surface area contributed by atoms with Crippen molar-refractivity contribution in [3.05, 3.63) is 60.7 Å². The molecule has 0 atom stereocenters. The first-order valence-electron chi connectivity index (χ1n) is 6.06. The molecule has 0 aliphatic heterocycles. The lowest BCUT2D eigenvalue weighted by Crippen LogP contribution is -2.32. The second-order valence-corrected chi connectivity index (χ2v) is 4.38. The molecule has 1 heterocycles. The average molecular weight is 249 g/mol. The number of pyridine rings is 1. The molecule has 2 aromatic carbocycles. The molecule has 3 nitrogen and oxygen atoms in total. The van der Waals surface area contributed by atoms with Crippen molar-refractivity contribution in [1.82, 2.24) is 4.98 Å². The van der Waals surface area contributed by atoms with Crippen LogP contribution in [0.1, 0.15) is 0 Å². The zero-order valence-corrected chi connectivity index (χ0v) is 10.2. The quantitative estimate of drug-likeness (QED) is 0.678. The van der Waals surface area contributed by atoms with Crippen molar-refractivity contribution in [2.24, 2.45) is 0 Å². The molecular formula is C15H12BNO2. The summed E-state index contributed by atoms with van der Waals surface area (Å²) in [6, 6.07) is 19.4. The monoisotopic (exact) mass is 249 g/mol. The van der Waals surface area contributed by atoms with Crippen molar-refractivity contribution in [2.75, 3.05) is 0 Å². The summed E-state index contributed by atoms with van der Waals surface area (Å²) < 4.78 is 0. The maximum Gasteiger partial charge on any atom is 0.508 e. The molecule has 0 amide bonds. The molecule has 2 N–H and O–H groups in total. The van der Waals surface area contributed by atoms with Gasteiger partial charge in [0, 0.05) is 5.56 Å². The lowest BCUT2D eigenvalue weighted by atomic mass is 9.85. The summed E-state index contributed by atoms with van der Waals surface area (Å²) >= 11 is 0. The van der Waals surface area contributed by atoms with Crippen LogP contribution < -0.4 is 5.59 Å². The fourth-order valence-corrected chi connectivity index (χ4v) is 2.10. The molecule has 1 aromatic heterocycles. The van der Waals surface area contributed by atoms with Gasteiger partial charge in [0.2, 0.25) is 0 Å². The Hall–Kier alpha value is -2.17. The first kappa shape index (κ1) is 11.9. The Kier molecular flexibility index (Phi) is 3.03. The third-order valence-corrected chi connectivity index (χ3v) is 3.08. The Balaban J connectivity index is 2.11. The molecule has 0 aliphatic carbocycles. The topological polar surface area (TPSA) is 53.4 Å². The molecule has 0 saturated heterocycles. The molecule has 0 fully saturated rings. The number of rotatable bonds is 2. The van der Waals surface area contributed by atoms with E-state index in [2.05, 4.69) is 11.1 Å². The standard InChI is InChI=1S/C15H12BNO2/c18-16(19)15-7-3-6-14(17-15)13-9-8-11-4-1-2-5-12(11)10-13/h1-10,18-19H. The fraction of sp³-hybridized carbons (Fsp3) is 0. The van der Waals surface area contributed by atoms with Crippen LogP contribution in [0.15, 0.2) is 60.7 Å². The Bertz CT molecular complexity index is 728. The van der Waals surface area contributed by atoms with Gasteiger partial charge in [-0.2, -0.15) is 0 Å². The largest absolute Gasteiger partial charge is 0.508 e. The number of hydrogen-bond donors (Lipinski definition) is 2. The lowest BCUT2D eigenvalue weighted by molar-refractivity contribution is 0.424. The van der Waals surface area contributed by atoms with Crippen LogP contribution in [-0.2, 0) is 0 Å². The first-order chi connectivity index (χ1) is 9.24. The summed E-state index contributed by atoms with van der Waals surface area (Å²) in [6.07, 6.45) is 0. The molecule has 3 rings (SSSR count). The third kappa shape index (κ3) is 2.36. The number of hydrogen-bond acceptors (Lipinski definition) is 3. The van der Waals surface area contributed by atoms with Crippen LogP contribution in [-0.4, -0.2) is 22.2 Å². The highest BCUT2D eigenvalue weighted by Crippen LogP contribution is 2.22. The maximum absolute atomic E-state index is 9.16. The van der Waals surface area contributed by atoms with Gasteiger partial charge >= 0.3 is 7.12 Å². The number of aromatic nitrogens is 1. The van der Waals surface area contributed by atoms with Crippen LogP contribution in [0.25, 0.3) is 22.0 Å². The predicted molar refractivity (Wildman–Crippen MR) is 77.0 cm³/mol. The summed E-state index contributed by atoms with van der Waals surface area (Å²) in [4.78, 5) is 4.25. The van der Waals surface area contributed by atoms with E-state index in [0.29, 0.717) is 0 Å². The van der Waals surface area contributed by atoms with Crippen molar-refractivity contribution in [3.63, 3.8) is 0 Å². The van der Waals surface area contributed by atoms with Gasteiger partial charge in [-0.15, -0.1) is 0 Å². The Morgan fingerprint density at radius 1 is 0.789 bits per heavy atom. The van der Waals surface area contributed by atoms with Gasteiger partial charge in [-0.1, -0.05) is 42.5 Å². The van der Waals surface area contributed by atoms with Gasteiger partial charge in [0.1, 0.15) is 0 Å². The van der Waals surface area contributed by atoms with Gasteiger partial charge in [0.05, 0.1) is 11.3 Å². The molecular weight excluding hydrogens is 237 g/mol. The molecule has 0 bridgehead atoms. The van der Waals surface area contributed by atoms with Crippen LogP contribution in [0.4, 0.5) is 0 Å². The van der Waals surface area contributed by atoms with E-state index in [1.165, 1.54) is 5.39 Å². The van der Waals surface area contributed by atoms with Crippen LogP contribution in [0, 0.1) is 0 Å². The molecule has 4 heteroatoms. The number of fused-ring (bicyclic) bond motifs is 1. The van der Waals surface area contributed by atoms with E-state index in [0.717, 1.165) is 16.6 Å². The van der Waals surface area contributed by atoms with Gasteiger partial charge in [-0.3, -0.25) is 4.98 Å². The van der Waals surface area contributed by atoms with Crippen LogP contribution in [0.2, 0.25) is 0 Å². The van der Waals surface area contributed by atoms with Crippen molar-refractivity contribution >= 4 is 23.5 Å². The zero-order valence-electron chi connectivity index (χ0n) is 10.2. The number of nitrogens with zero attached hydrogens (tertiary/aromatic N) is 1. The lowest BCUT2D eigenvalue weighted by Gasteiger charge is -2.05. The van der Waals surface area contributed by atoms with Crippen LogP contribution in [0.3, 0.4) is 0 Å². The minimum Gasteiger partial charge on any atom is -0.422 e. The van der Waals surface area contributed by atoms with Crippen molar-refractivity contribution in [3.8, 4) is 11.3 Å². The Morgan fingerprint density at radius 2 is 1.58 bits per heavy atom. The smallest absolute Gasteiger partial charge is 0.422 e. The summed E-state index contributed by atoms with van der Waals surface area (Å²) in [6.45, 7) is 0. The molecule has 19 heavy (non-hydrogen) atoms. The van der Waals surface area contributed by atoms with E-state index < -0.39 is 7.12 Å². The SMILES string of the molecule is OB(O)c1cccc(-c2ccc3ccccc3c2)n1. The Labute approximate surface area is 111 Å². The van der Waals surface area contributed by atoms with E-state index in [9.17, 15) is 0 Å². The predicted octanol–water partition coefficient (Wildman–Crippen LogP) is 1.58. The molecule has 92 valence electrons. The minimum absolute atomic E-state index is 0.255. The zero-order chi connectivity index (χ0) is 13.2. The van der Waals surface area contributed by atoms with Gasteiger partial charge in [0.25, 0.3) is 0 Å². The summed E-state index contributed by atoms with van der Waals surface area (Å²) in [7, 11) is -1.54. The van der Waals surface area contributed by atoms with E-state index in [4.69, 9.17) is 10.0 Å². The van der Waals surface area contributed by atoms with Gasteiger partial charge in [-0.05, 0) is 29.0 Å². The molecule has 3 aromatic rings. The first-order valence-corrected chi connectivity index (χ1v) is 6.06. The maximum atomic E-state index is 9.16. The van der Waals surface area contributed by atoms with E-state index in [1.54, 1.807) is 12.1 Å². The molecule has 0 saturated carbocycles. The summed E-state index contributed by atoms with van der Waals surface area (Å²) in [5, 5.41) is 20.6. The fourth-order valence-electron chi connectivity index (χ4n) is 2.10. The third-order valence-electron chi connectivity index (χ3n) is 3.08. The van der Waals surface area contributed by atoms with Crippen LogP contribution in [0.5, 0.6) is 0 Å². The van der Waals surface area contributed by atoms with E-state index in [1.807, 2.05) is 42.5 Å². The van der Waals surface area contributed by atoms with Crippen molar-refractivity contribution < 1.29 is 10.0 Å². The van der Waals surface area contributed by atoms with Crippen molar-refractivity contribution in [1.29, 1.82) is 0 Å². The minimum atomic E-state index is -1.54. The molecule has 0 radical (unpaired) electrons. The van der Waals surface area contributed by atoms with Gasteiger partial charge in [-0.25, -0.2) is 0 Å². The summed E-state index contributed by atoms with van der Waals surface area (Å²) in [5.74, 6) is 0. The molecule has 0 spiro atoms. The highest BCUT2D eigenvalue weighted by molar-refractivity contribution is 6.57. The van der Waals surface area contributed by atoms with Crippen LogP contribution >= 0.6 is 0 Å². The second-order valence-electron chi connectivity index (χ2n) is 4.38. The van der Waals surface area contributed by atoms with Gasteiger partial charge in [0.15, 0.2) is 0 Å². The molecule has 0 aliphatic rings. The van der Waals surface area contributed by atoms with Gasteiger partial charge < -0.3 is 10.0 Å². The van der Waals surface area contributed by atoms with Crippen molar-refractivity contribution in [2.45, 2.75) is 0 Å². The Morgan fingerprint density at radius 3 is 2.37 bits per heavy atom. The average Bonchev–Trinajstić information content (AvgIpc) is 2.47. The van der Waals surface area contributed by atoms with E-state index >= 15 is 0 Å². The molecule has 0 unspecified atom stereocenters.